The van der Waals surface area contributed by atoms with Gasteiger partial charge in [0.15, 0.2) is 0 Å². The van der Waals surface area contributed by atoms with Gasteiger partial charge in [0.1, 0.15) is 11.6 Å². The minimum absolute atomic E-state index is 0.250. The third-order valence-electron chi connectivity index (χ3n) is 4.84. The van der Waals surface area contributed by atoms with Gasteiger partial charge in [-0.1, -0.05) is 37.3 Å². The number of carbonyl (C=O) groups excluding carboxylic acids is 2. The van der Waals surface area contributed by atoms with Crippen LogP contribution in [-0.4, -0.2) is 32.5 Å². The Labute approximate surface area is 218 Å². The minimum Gasteiger partial charge on any atom is -0.406 e. The lowest BCUT2D eigenvalue weighted by Gasteiger charge is -2.12. The molecule has 37 heavy (non-hydrogen) atoms. The molecular formula is C25H21F4N3O3S2. The molecule has 0 bridgehead atoms. The van der Waals surface area contributed by atoms with Gasteiger partial charge in [-0.25, -0.2) is 14.1 Å². The van der Waals surface area contributed by atoms with E-state index in [1.165, 1.54) is 35.6 Å². The summed E-state index contributed by atoms with van der Waals surface area (Å²) in [5, 5.41) is 5.46. The Morgan fingerprint density at radius 2 is 1.78 bits per heavy atom. The topological polar surface area (TPSA) is 74.1 Å². The van der Waals surface area contributed by atoms with E-state index in [0.29, 0.717) is 22.0 Å². The SMILES string of the molecule is Cc1cc(OC(F)(F)F)ccc1-c1nc(-n2cc(-c3cccc(F)c3)c(C)n2)sc1SC(C)C.O=C=O. The number of hydrogen-bond donors (Lipinski definition) is 0. The number of thioether (sulfide) groups is 1. The largest absolute Gasteiger partial charge is 0.573 e. The Hall–Kier alpha value is -3.47. The fourth-order valence-corrected chi connectivity index (χ4v) is 5.88. The van der Waals surface area contributed by atoms with Crippen LogP contribution >= 0.6 is 23.1 Å². The van der Waals surface area contributed by atoms with Crippen LogP contribution in [0.4, 0.5) is 17.6 Å². The van der Waals surface area contributed by atoms with E-state index in [0.717, 1.165) is 21.0 Å². The average molecular weight is 552 g/mol. The van der Waals surface area contributed by atoms with Crippen molar-refractivity contribution >= 4 is 29.3 Å². The van der Waals surface area contributed by atoms with E-state index in [1.54, 1.807) is 35.5 Å². The normalized spacial score (nSPS) is 11.2. The van der Waals surface area contributed by atoms with Crippen molar-refractivity contribution < 1.29 is 31.9 Å². The van der Waals surface area contributed by atoms with E-state index in [1.807, 2.05) is 19.2 Å². The maximum absolute atomic E-state index is 13.7. The summed E-state index contributed by atoms with van der Waals surface area (Å²) in [4.78, 5) is 21.0. The van der Waals surface area contributed by atoms with Crippen LogP contribution in [0.5, 0.6) is 5.75 Å². The monoisotopic (exact) mass is 551 g/mol. The highest BCUT2D eigenvalue weighted by Crippen LogP contribution is 2.41. The van der Waals surface area contributed by atoms with Crippen molar-refractivity contribution in [1.29, 1.82) is 0 Å². The van der Waals surface area contributed by atoms with Gasteiger partial charge in [-0.05, 0) is 55.3 Å². The van der Waals surface area contributed by atoms with Gasteiger partial charge in [0.05, 0.1) is 15.6 Å². The zero-order chi connectivity index (χ0) is 27.3. The summed E-state index contributed by atoms with van der Waals surface area (Å²) in [7, 11) is 0. The molecule has 0 amide bonds. The predicted octanol–water partition coefficient (Wildman–Crippen LogP) is 7.23. The number of aryl methyl sites for hydroxylation is 2. The Morgan fingerprint density at radius 3 is 2.38 bits per heavy atom. The molecule has 0 N–H and O–H groups in total. The maximum Gasteiger partial charge on any atom is 0.573 e. The Morgan fingerprint density at radius 1 is 1.08 bits per heavy atom. The predicted molar refractivity (Wildman–Crippen MR) is 132 cm³/mol. The van der Waals surface area contributed by atoms with Gasteiger partial charge >= 0.3 is 12.5 Å². The van der Waals surface area contributed by atoms with Crippen molar-refractivity contribution in [2.45, 2.75) is 43.5 Å². The smallest absolute Gasteiger partial charge is 0.406 e. The van der Waals surface area contributed by atoms with E-state index < -0.39 is 6.36 Å². The molecule has 0 aliphatic heterocycles. The van der Waals surface area contributed by atoms with Gasteiger partial charge in [0.25, 0.3) is 0 Å². The number of benzene rings is 2. The van der Waals surface area contributed by atoms with Crippen LogP contribution in [0.1, 0.15) is 25.1 Å². The molecule has 0 aliphatic carbocycles. The van der Waals surface area contributed by atoms with E-state index in [2.05, 4.69) is 23.7 Å². The highest BCUT2D eigenvalue weighted by molar-refractivity contribution is 8.01. The molecule has 0 saturated heterocycles. The third kappa shape index (κ3) is 7.28. The lowest BCUT2D eigenvalue weighted by atomic mass is 10.1. The van der Waals surface area contributed by atoms with Crippen molar-refractivity contribution in [1.82, 2.24) is 14.8 Å². The molecule has 0 saturated carbocycles. The third-order valence-corrected chi connectivity index (χ3v) is 7.10. The second-order valence-electron chi connectivity index (χ2n) is 7.99. The summed E-state index contributed by atoms with van der Waals surface area (Å²) >= 11 is 3.07. The highest BCUT2D eigenvalue weighted by atomic mass is 32.2. The molecule has 12 heteroatoms. The molecule has 2 aromatic carbocycles. The van der Waals surface area contributed by atoms with E-state index in [-0.39, 0.29) is 23.0 Å². The minimum atomic E-state index is -4.75. The lowest BCUT2D eigenvalue weighted by Crippen LogP contribution is -2.17. The summed E-state index contributed by atoms with van der Waals surface area (Å²) in [5.41, 5.74) is 4.24. The molecule has 194 valence electrons. The van der Waals surface area contributed by atoms with Gasteiger partial charge in [0, 0.05) is 22.6 Å². The molecule has 0 fully saturated rings. The Kier molecular flexibility index (Phi) is 8.90. The first-order valence-electron chi connectivity index (χ1n) is 10.8. The van der Waals surface area contributed by atoms with Crippen molar-refractivity contribution in [3.8, 4) is 33.3 Å². The van der Waals surface area contributed by atoms with Crippen LogP contribution in [-0.2, 0) is 9.59 Å². The summed E-state index contributed by atoms with van der Waals surface area (Å²) in [6, 6.07) is 10.5. The molecule has 2 aromatic heterocycles. The number of aromatic nitrogens is 3. The number of ether oxygens (including phenoxy) is 1. The molecule has 4 rings (SSSR count). The summed E-state index contributed by atoms with van der Waals surface area (Å²) in [5.74, 6) is -0.602. The number of alkyl halides is 3. The number of thiazole rings is 1. The van der Waals surface area contributed by atoms with Gasteiger partial charge in [-0.3, -0.25) is 0 Å². The number of nitrogens with zero attached hydrogens (tertiary/aromatic N) is 3. The zero-order valence-corrected chi connectivity index (χ0v) is 21.7. The second-order valence-corrected chi connectivity index (χ2v) is 10.8. The van der Waals surface area contributed by atoms with E-state index in [4.69, 9.17) is 14.6 Å². The van der Waals surface area contributed by atoms with Gasteiger partial charge in [0.2, 0.25) is 5.13 Å². The lowest BCUT2D eigenvalue weighted by molar-refractivity contribution is -0.274. The van der Waals surface area contributed by atoms with Crippen LogP contribution in [0, 0.1) is 19.7 Å². The molecule has 0 atom stereocenters. The van der Waals surface area contributed by atoms with Gasteiger partial charge in [-0.2, -0.15) is 14.7 Å². The highest BCUT2D eigenvalue weighted by Gasteiger charge is 2.31. The number of hydrogen-bond acceptors (Lipinski definition) is 7. The fraction of sp³-hybridized carbons (Fsp3) is 0.240. The van der Waals surface area contributed by atoms with Crippen molar-refractivity contribution in [3.63, 3.8) is 0 Å². The first-order valence-corrected chi connectivity index (χ1v) is 12.5. The molecule has 0 radical (unpaired) electrons. The van der Waals surface area contributed by atoms with Crippen LogP contribution in [0.2, 0.25) is 0 Å². The summed E-state index contributed by atoms with van der Waals surface area (Å²) < 4.78 is 58.2. The van der Waals surface area contributed by atoms with Gasteiger partial charge < -0.3 is 4.74 Å². The van der Waals surface area contributed by atoms with Crippen molar-refractivity contribution in [2.75, 3.05) is 0 Å². The van der Waals surface area contributed by atoms with Crippen LogP contribution in [0.3, 0.4) is 0 Å². The standard InChI is InChI=1S/C24H21F4N3OS2.CO2/c1-13(2)33-22-21(19-9-8-18(10-14(19)3)32-24(26,27)28)29-23(34-22)31-12-20(15(4)30-31)16-6-5-7-17(25)11-16;2-1-3/h5-13H,1-4H3;. The molecule has 6 nitrogen and oxygen atoms in total. The zero-order valence-electron chi connectivity index (χ0n) is 20.1. The quantitative estimate of drug-likeness (QED) is 0.186. The Bertz CT molecular complexity index is 1430. The molecule has 0 spiro atoms. The molecular weight excluding hydrogens is 530 g/mol. The maximum atomic E-state index is 13.7. The summed E-state index contributed by atoms with van der Waals surface area (Å²) in [6.07, 6.45) is -2.69. The fourth-order valence-electron chi connectivity index (χ4n) is 3.45. The van der Waals surface area contributed by atoms with Crippen molar-refractivity contribution in [3.05, 3.63) is 65.7 Å². The first-order chi connectivity index (χ1) is 17.4. The van der Waals surface area contributed by atoms with E-state index >= 15 is 0 Å². The van der Waals surface area contributed by atoms with Crippen LogP contribution in [0.15, 0.2) is 52.9 Å². The van der Waals surface area contributed by atoms with Crippen molar-refractivity contribution in [2.24, 2.45) is 0 Å². The molecule has 2 heterocycles. The Balaban J connectivity index is 0.00000121. The number of halogens is 4. The van der Waals surface area contributed by atoms with E-state index in [9.17, 15) is 17.6 Å². The molecule has 4 aromatic rings. The molecule has 0 unspecified atom stereocenters. The first kappa shape index (κ1) is 28.1. The number of rotatable bonds is 6. The van der Waals surface area contributed by atoms with Crippen LogP contribution in [0.25, 0.3) is 27.5 Å². The average Bonchev–Trinajstić information content (AvgIpc) is 3.36. The summed E-state index contributed by atoms with van der Waals surface area (Å²) in [6.45, 7) is 7.68. The molecule has 0 aliphatic rings. The van der Waals surface area contributed by atoms with Gasteiger partial charge in [-0.15, -0.1) is 24.9 Å². The second kappa shape index (κ2) is 11.7. The van der Waals surface area contributed by atoms with Crippen LogP contribution < -0.4 is 4.74 Å².